The highest BCUT2D eigenvalue weighted by atomic mass is 32.2. The maximum absolute atomic E-state index is 12.5. The van der Waals surface area contributed by atoms with Gasteiger partial charge >= 0.3 is 0 Å². The summed E-state index contributed by atoms with van der Waals surface area (Å²) in [5.74, 6) is 1.48. The molecule has 0 radical (unpaired) electrons. The van der Waals surface area contributed by atoms with Gasteiger partial charge in [-0.1, -0.05) is 28.9 Å². The molecule has 132 valence electrons. The van der Waals surface area contributed by atoms with E-state index in [1.54, 1.807) is 11.8 Å². The average Bonchev–Trinajstić information content (AvgIpc) is 3.06. The summed E-state index contributed by atoms with van der Waals surface area (Å²) in [5, 5.41) is 6.96. The lowest BCUT2D eigenvalue weighted by Crippen LogP contribution is -2.25. The highest BCUT2D eigenvalue weighted by Gasteiger charge is 2.12. The van der Waals surface area contributed by atoms with Crippen LogP contribution in [0.15, 0.2) is 51.4 Å². The number of aromatic nitrogens is 1. The Morgan fingerprint density at radius 3 is 2.96 bits per heavy atom. The largest absolute Gasteiger partial charge is 0.360 e. The molecule has 0 bridgehead atoms. The normalized spacial score (nSPS) is 14.2. The van der Waals surface area contributed by atoms with Crippen LogP contribution >= 0.6 is 11.8 Å². The van der Waals surface area contributed by atoms with Crippen LogP contribution in [-0.2, 0) is 5.75 Å². The zero-order valence-corrected chi connectivity index (χ0v) is 15.4. The van der Waals surface area contributed by atoms with Gasteiger partial charge in [-0.3, -0.25) is 4.79 Å². The Balaban J connectivity index is 1.55. The van der Waals surface area contributed by atoms with E-state index < -0.39 is 0 Å². The van der Waals surface area contributed by atoms with E-state index in [1.165, 1.54) is 31.3 Å². The second-order valence-electron chi connectivity index (χ2n) is 6.33. The molecule has 1 aliphatic rings. The molecule has 0 fully saturated rings. The van der Waals surface area contributed by atoms with Crippen LogP contribution in [0.4, 0.5) is 0 Å². The standard InChI is InChI=1S/C20H24N2O2S/c1-15-13-17(24-22-15)14-25-19-10-6-5-9-18(19)20(23)21-12-11-16-7-3-2-4-8-16/h5-7,9-10,13H,2-4,8,11-12,14H2,1H3,(H,21,23). The van der Waals surface area contributed by atoms with Gasteiger partial charge in [-0.2, -0.15) is 0 Å². The van der Waals surface area contributed by atoms with Gasteiger partial charge in [0.05, 0.1) is 17.0 Å². The van der Waals surface area contributed by atoms with Gasteiger partial charge in [0.15, 0.2) is 0 Å². The lowest BCUT2D eigenvalue weighted by molar-refractivity contribution is 0.0951. The quantitative estimate of drug-likeness (QED) is 0.566. The van der Waals surface area contributed by atoms with Gasteiger partial charge < -0.3 is 9.84 Å². The summed E-state index contributed by atoms with van der Waals surface area (Å²) >= 11 is 1.60. The highest BCUT2D eigenvalue weighted by Crippen LogP contribution is 2.26. The number of hydrogen-bond acceptors (Lipinski definition) is 4. The molecule has 1 amide bonds. The number of benzene rings is 1. The zero-order chi connectivity index (χ0) is 17.5. The van der Waals surface area contributed by atoms with Gasteiger partial charge in [-0.15, -0.1) is 11.8 Å². The number of carbonyl (C=O) groups excluding carboxylic acids is 1. The zero-order valence-electron chi connectivity index (χ0n) is 14.6. The number of allylic oxidation sites excluding steroid dienone is 1. The van der Waals surface area contributed by atoms with E-state index in [1.807, 2.05) is 37.3 Å². The van der Waals surface area contributed by atoms with Crippen LogP contribution < -0.4 is 5.32 Å². The first-order valence-electron chi connectivity index (χ1n) is 8.82. The molecular formula is C20H24N2O2S. The fourth-order valence-corrected chi connectivity index (χ4v) is 3.90. The Labute approximate surface area is 153 Å². The molecule has 4 nitrogen and oxygen atoms in total. The third-order valence-electron chi connectivity index (χ3n) is 4.30. The van der Waals surface area contributed by atoms with Gasteiger partial charge in [0.1, 0.15) is 5.76 Å². The van der Waals surface area contributed by atoms with Crippen LogP contribution in [0.25, 0.3) is 0 Å². The van der Waals surface area contributed by atoms with E-state index in [2.05, 4.69) is 16.5 Å². The Morgan fingerprint density at radius 2 is 2.20 bits per heavy atom. The monoisotopic (exact) mass is 356 g/mol. The fourth-order valence-electron chi connectivity index (χ4n) is 2.98. The maximum Gasteiger partial charge on any atom is 0.252 e. The third kappa shape index (κ3) is 5.23. The Bertz CT molecular complexity index is 752. The summed E-state index contributed by atoms with van der Waals surface area (Å²) in [6.45, 7) is 2.60. The van der Waals surface area contributed by atoms with Crippen molar-refractivity contribution in [3.8, 4) is 0 Å². The van der Waals surface area contributed by atoms with Gasteiger partial charge in [-0.05, 0) is 51.2 Å². The van der Waals surface area contributed by atoms with Crippen molar-refractivity contribution >= 4 is 17.7 Å². The predicted molar refractivity (Wildman–Crippen MR) is 101 cm³/mol. The molecule has 0 spiro atoms. The second kappa shape index (κ2) is 8.90. The molecule has 25 heavy (non-hydrogen) atoms. The van der Waals surface area contributed by atoms with Gasteiger partial charge in [0.2, 0.25) is 0 Å². The summed E-state index contributed by atoms with van der Waals surface area (Å²) in [4.78, 5) is 13.5. The van der Waals surface area contributed by atoms with E-state index in [9.17, 15) is 4.79 Å². The highest BCUT2D eigenvalue weighted by molar-refractivity contribution is 7.98. The van der Waals surface area contributed by atoms with Crippen molar-refractivity contribution in [2.45, 2.75) is 49.7 Å². The lowest BCUT2D eigenvalue weighted by Gasteiger charge is -2.13. The predicted octanol–water partition coefficient (Wildman–Crippen LogP) is 4.90. The van der Waals surface area contributed by atoms with E-state index in [0.29, 0.717) is 12.3 Å². The first-order valence-corrected chi connectivity index (χ1v) is 9.81. The molecule has 1 heterocycles. The minimum absolute atomic E-state index is 0.00624. The Morgan fingerprint density at radius 1 is 1.32 bits per heavy atom. The molecule has 2 aromatic rings. The number of aryl methyl sites for hydroxylation is 1. The minimum atomic E-state index is -0.00624. The summed E-state index contributed by atoms with van der Waals surface area (Å²) in [5.41, 5.74) is 3.08. The number of carbonyl (C=O) groups is 1. The maximum atomic E-state index is 12.5. The van der Waals surface area contributed by atoms with Gasteiger partial charge in [-0.25, -0.2) is 0 Å². The Hall–Kier alpha value is -2.01. The van der Waals surface area contributed by atoms with E-state index in [0.717, 1.165) is 28.3 Å². The molecule has 5 heteroatoms. The molecule has 0 atom stereocenters. The summed E-state index contributed by atoms with van der Waals surface area (Å²) < 4.78 is 5.24. The average molecular weight is 356 g/mol. The van der Waals surface area contributed by atoms with Crippen LogP contribution in [0.3, 0.4) is 0 Å². The number of thioether (sulfide) groups is 1. The van der Waals surface area contributed by atoms with Gasteiger partial charge in [0, 0.05) is 17.5 Å². The molecule has 0 unspecified atom stereocenters. The van der Waals surface area contributed by atoms with Crippen LogP contribution in [0.5, 0.6) is 0 Å². The summed E-state index contributed by atoms with van der Waals surface area (Å²) in [7, 11) is 0. The van der Waals surface area contributed by atoms with Crippen molar-refractivity contribution in [2.75, 3.05) is 6.54 Å². The van der Waals surface area contributed by atoms with E-state index in [4.69, 9.17) is 4.52 Å². The van der Waals surface area contributed by atoms with Crippen LogP contribution in [0.1, 0.15) is 53.9 Å². The molecule has 0 saturated heterocycles. The van der Waals surface area contributed by atoms with Crippen molar-refractivity contribution in [1.82, 2.24) is 10.5 Å². The number of amides is 1. The molecule has 1 N–H and O–H groups in total. The van der Waals surface area contributed by atoms with E-state index >= 15 is 0 Å². The first kappa shape index (κ1) is 17.8. The number of rotatable bonds is 7. The number of nitrogens with one attached hydrogen (secondary N) is 1. The molecule has 0 aliphatic heterocycles. The number of nitrogens with zero attached hydrogens (tertiary/aromatic N) is 1. The second-order valence-corrected chi connectivity index (χ2v) is 7.35. The lowest BCUT2D eigenvalue weighted by atomic mass is 9.97. The molecule has 3 rings (SSSR count). The topological polar surface area (TPSA) is 55.1 Å². The van der Waals surface area contributed by atoms with Crippen molar-refractivity contribution in [2.24, 2.45) is 0 Å². The molecule has 1 aromatic heterocycles. The van der Waals surface area contributed by atoms with E-state index in [-0.39, 0.29) is 5.91 Å². The molecular weight excluding hydrogens is 332 g/mol. The minimum Gasteiger partial charge on any atom is -0.360 e. The Kier molecular flexibility index (Phi) is 6.34. The SMILES string of the molecule is Cc1cc(CSc2ccccc2C(=O)NCCC2=CCCCC2)on1. The first-order chi connectivity index (χ1) is 12.2. The van der Waals surface area contributed by atoms with Crippen molar-refractivity contribution in [3.63, 3.8) is 0 Å². The van der Waals surface area contributed by atoms with Crippen LogP contribution in [0.2, 0.25) is 0 Å². The van der Waals surface area contributed by atoms with Crippen LogP contribution in [-0.4, -0.2) is 17.6 Å². The van der Waals surface area contributed by atoms with Crippen molar-refractivity contribution < 1.29 is 9.32 Å². The summed E-state index contributed by atoms with van der Waals surface area (Å²) in [6.07, 6.45) is 8.23. The fraction of sp³-hybridized carbons (Fsp3) is 0.400. The van der Waals surface area contributed by atoms with Crippen molar-refractivity contribution in [1.29, 1.82) is 0 Å². The number of hydrogen-bond donors (Lipinski definition) is 1. The molecule has 0 saturated carbocycles. The van der Waals surface area contributed by atoms with Crippen LogP contribution in [0, 0.1) is 6.92 Å². The summed E-state index contributed by atoms with van der Waals surface area (Å²) in [6, 6.07) is 9.64. The third-order valence-corrected chi connectivity index (χ3v) is 5.39. The smallest absolute Gasteiger partial charge is 0.252 e. The van der Waals surface area contributed by atoms with Crippen molar-refractivity contribution in [3.05, 3.63) is 59.0 Å². The molecule has 1 aromatic carbocycles. The van der Waals surface area contributed by atoms with Gasteiger partial charge in [0.25, 0.3) is 5.91 Å². The molecule has 1 aliphatic carbocycles.